The smallest absolute Gasteiger partial charge is 0.291 e. The largest absolute Gasteiger partial charge is 0.345 e. The molecule has 2 rings (SSSR count). The summed E-state index contributed by atoms with van der Waals surface area (Å²) in [6.45, 7) is 4.51. The number of carbonyl (C=O) groups is 1. The van der Waals surface area contributed by atoms with Gasteiger partial charge in [-0.3, -0.25) is 9.63 Å². The molecular weight excluding hydrogens is 342 g/mol. The minimum Gasteiger partial charge on any atom is -0.345 e. The Hall–Kier alpha value is -2.16. The molecule has 0 aliphatic rings. The van der Waals surface area contributed by atoms with Crippen molar-refractivity contribution in [3.05, 3.63) is 53.9 Å². The average molecular weight is 365 g/mol. The SMILES string of the molecule is CCN(CC)S(=O)(=O)c1cc(C(=O)NOCc2ccccc2)n(C)c1. The Labute approximate surface area is 148 Å². The average Bonchev–Trinajstić information content (AvgIpc) is 2.99. The van der Waals surface area contributed by atoms with E-state index in [1.807, 2.05) is 30.3 Å². The van der Waals surface area contributed by atoms with Gasteiger partial charge in [0, 0.05) is 26.3 Å². The van der Waals surface area contributed by atoms with Crippen LogP contribution < -0.4 is 5.48 Å². The molecule has 0 bridgehead atoms. The molecule has 0 radical (unpaired) electrons. The second-order valence-electron chi connectivity index (χ2n) is 5.47. The molecule has 1 heterocycles. The summed E-state index contributed by atoms with van der Waals surface area (Å²) in [6, 6.07) is 10.8. The van der Waals surface area contributed by atoms with E-state index in [9.17, 15) is 13.2 Å². The molecule has 136 valence electrons. The van der Waals surface area contributed by atoms with Crippen LogP contribution in [0.4, 0.5) is 0 Å². The quantitative estimate of drug-likeness (QED) is 0.725. The van der Waals surface area contributed by atoms with Crippen molar-refractivity contribution in [2.45, 2.75) is 25.3 Å². The fourth-order valence-electron chi connectivity index (χ4n) is 2.43. The highest BCUT2D eigenvalue weighted by Crippen LogP contribution is 2.18. The maximum absolute atomic E-state index is 12.5. The lowest BCUT2D eigenvalue weighted by Crippen LogP contribution is -2.30. The van der Waals surface area contributed by atoms with Gasteiger partial charge in [-0.25, -0.2) is 13.9 Å². The standard InChI is InChI=1S/C17H23N3O4S/c1-4-20(5-2)25(22,23)15-11-16(19(3)12-15)17(21)18-24-13-14-9-7-6-8-10-14/h6-12H,4-5,13H2,1-3H3,(H,18,21). The van der Waals surface area contributed by atoms with E-state index in [-0.39, 0.29) is 17.2 Å². The van der Waals surface area contributed by atoms with E-state index in [1.54, 1.807) is 20.9 Å². The van der Waals surface area contributed by atoms with Crippen LogP contribution in [0.5, 0.6) is 0 Å². The van der Waals surface area contributed by atoms with Crippen molar-refractivity contribution < 1.29 is 18.0 Å². The Kier molecular flexibility index (Phi) is 6.35. The van der Waals surface area contributed by atoms with E-state index in [1.165, 1.54) is 21.1 Å². The number of hydroxylamine groups is 1. The molecule has 25 heavy (non-hydrogen) atoms. The van der Waals surface area contributed by atoms with Crippen LogP contribution in [0.15, 0.2) is 47.5 Å². The molecule has 0 saturated heterocycles. The number of carbonyl (C=O) groups excluding carboxylic acids is 1. The minimum atomic E-state index is -3.61. The molecule has 0 unspecified atom stereocenters. The number of rotatable bonds is 8. The van der Waals surface area contributed by atoms with Crippen molar-refractivity contribution in [2.75, 3.05) is 13.1 Å². The normalized spacial score (nSPS) is 11.7. The zero-order valence-electron chi connectivity index (χ0n) is 14.6. The number of nitrogens with one attached hydrogen (secondary N) is 1. The minimum absolute atomic E-state index is 0.0897. The van der Waals surface area contributed by atoms with E-state index in [2.05, 4.69) is 5.48 Å². The summed E-state index contributed by atoms with van der Waals surface area (Å²) in [5.74, 6) is -0.501. The summed E-state index contributed by atoms with van der Waals surface area (Å²) in [5.41, 5.74) is 3.47. The second kappa shape index (κ2) is 8.28. The summed E-state index contributed by atoms with van der Waals surface area (Å²) in [4.78, 5) is 17.5. The van der Waals surface area contributed by atoms with Gasteiger partial charge in [-0.15, -0.1) is 0 Å². The van der Waals surface area contributed by atoms with Crippen molar-refractivity contribution >= 4 is 15.9 Å². The maximum Gasteiger partial charge on any atom is 0.291 e. The molecule has 1 amide bonds. The Morgan fingerprint density at radius 2 is 1.84 bits per heavy atom. The maximum atomic E-state index is 12.5. The molecule has 0 aliphatic carbocycles. The van der Waals surface area contributed by atoms with Gasteiger partial charge in [0.15, 0.2) is 0 Å². The molecule has 0 saturated carbocycles. The highest BCUT2D eigenvalue weighted by atomic mass is 32.2. The van der Waals surface area contributed by atoms with E-state index in [4.69, 9.17) is 4.84 Å². The molecular formula is C17H23N3O4S. The van der Waals surface area contributed by atoms with Crippen molar-refractivity contribution in [1.82, 2.24) is 14.4 Å². The summed E-state index contributed by atoms with van der Waals surface area (Å²) >= 11 is 0. The zero-order chi connectivity index (χ0) is 18.4. The van der Waals surface area contributed by atoms with Gasteiger partial charge in [0.1, 0.15) is 10.6 Å². The molecule has 0 atom stereocenters. The van der Waals surface area contributed by atoms with E-state index < -0.39 is 15.9 Å². The number of nitrogens with zero attached hydrogens (tertiary/aromatic N) is 2. The number of amides is 1. The first-order valence-corrected chi connectivity index (χ1v) is 9.46. The summed E-state index contributed by atoms with van der Waals surface area (Å²) < 4.78 is 27.9. The van der Waals surface area contributed by atoms with Gasteiger partial charge in [0.05, 0.1) is 6.61 Å². The van der Waals surface area contributed by atoms with Crippen LogP contribution in [0.2, 0.25) is 0 Å². The molecule has 7 nitrogen and oxygen atoms in total. The Morgan fingerprint density at radius 1 is 1.20 bits per heavy atom. The number of sulfonamides is 1. The van der Waals surface area contributed by atoms with E-state index in [0.29, 0.717) is 13.1 Å². The summed E-state index contributed by atoms with van der Waals surface area (Å²) in [6.07, 6.45) is 1.43. The Bertz CT molecular complexity index is 812. The first kappa shape index (κ1) is 19.2. The second-order valence-corrected chi connectivity index (χ2v) is 7.40. The van der Waals surface area contributed by atoms with Crippen LogP contribution in [0.25, 0.3) is 0 Å². The van der Waals surface area contributed by atoms with Gasteiger partial charge in [-0.05, 0) is 11.6 Å². The van der Waals surface area contributed by atoms with Crippen LogP contribution in [-0.2, 0) is 28.5 Å². The van der Waals surface area contributed by atoms with Gasteiger partial charge in [0.25, 0.3) is 5.91 Å². The van der Waals surface area contributed by atoms with Crippen LogP contribution in [0, 0.1) is 0 Å². The first-order chi connectivity index (χ1) is 11.9. The molecule has 0 spiro atoms. The number of benzene rings is 1. The number of aromatic nitrogens is 1. The third-order valence-electron chi connectivity index (χ3n) is 3.80. The predicted molar refractivity (Wildman–Crippen MR) is 94.2 cm³/mol. The lowest BCUT2D eigenvalue weighted by molar-refractivity contribution is 0.0227. The zero-order valence-corrected chi connectivity index (χ0v) is 15.4. The molecule has 0 fully saturated rings. The van der Waals surface area contributed by atoms with Crippen molar-refractivity contribution in [3.63, 3.8) is 0 Å². The van der Waals surface area contributed by atoms with Crippen molar-refractivity contribution in [1.29, 1.82) is 0 Å². The summed E-state index contributed by atoms with van der Waals surface area (Å²) in [7, 11) is -1.99. The fourth-order valence-corrected chi connectivity index (χ4v) is 3.95. The number of aryl methyl sites for hydroxylation is 1. The topological polar surface area (TPSA) is 80.6 Å². The molecule has 1 aromatic heterocycles. The summed E-state index contributed by atoms with van der Waals surface area (Å²) in [5, 5.41) is 0. The van der Waals surface area contributed by atoms with Crippen molar-refractivity contribution in [2.24, 2.45) is 7.05 Å². The fraction of sp³-hybridized carbons (Fsp3) is 0.353. The van der Waals surface area contributed by atoms with Crippen LogP contribution in [0.3, 0.4) is 0 Å². The Morgan fingerprint density at radius 3 is 2.44 bits per heavy atom. The van der Waals surface area contributed by atoms with Gasteiger partial charge < -0.3 is 4.57 Å². The predicted octanol–water partition coefficient (Wildman–Crippen LogP) is 1.92. The lowest BCUT2D eigenvalue weighted by atomic mass is 10.2. The van der Waals surface area contributed by atoms with Gasteiger partial charge in [-0.2, -0.15) is 4.31 Å². The molecule has 2 aromatic rings. The Balaban J connectivity index is 2.07. The monoisotopic (exact) mass is 365 g/mol. The van der Waals surface area contributed by atoms with Gasteiger partial charge in [0.2, 0.25) is 10.0 Å². The highest BCUT2D eigenvalue weighted by molar-refractivity contribution is 7.89. The molecule has 1 aromatic carbocycles. The number of hydrogen-bond acceptors (Lipinski definition) is 4. The third kappa shape index (κ3) is 4.47. The van der Waals surface area contributed by atoms with Crippen molar-refractivity contribution in [3.8, 4) is 0 Å². The third-order valence-corrected chi connectivity index (χ3v) is 5.82. The van der Waals surface area contributed by atoms with E-state index >= 15 is 0 Å². The lowest BCUT2D eigenvalue weighted by Gasteiger charge is -2.17. The molecule has 1 N–H and O–H groups in total. The van der Waals surface area contributed by atoms with Crippen LogP contribution in [0.1, 0.15) is 29.9 Å². The highest BCUT2D eigenvalue weighted by Gasteiger charge is 2.25. The van der Waals surface area contributed by atoms with E-state index in [0.717, 1.165) is 5.56 Å². The van der Waals surface area contributed by atoms with Gasteiger partial charge in [-0.1, -0.05) is 44.2 Å². The first-order valence-electron chi connectivity index (χ1n) is 8.02. The van der Waals surface area contributed by atoms with Crippen LogP contribution in [-0.4, -0.2) is 36.3 Å². The molecule has 0 aliphatic heterocycles. The van der Waals surface area contributed by atoms with Crippen LogP contribution >= 0.6 is 0 Å². The molecule has 8 heteroatoms. The number of hydrogen-bond donors (Lipinski definition) is 1. The van der Waals surface area contributed by atoms with Gasteiger partial charge >= 0.3 is 0 Å².